The van der Waals surface area contributed by atoms with Gasteiger partial charge in [0.25, 0.3) is 0 Å². The van der Waals surface area contributed by atoms with Gasteiger partial charge in [-0.1, -0.05) is 60.7 Å². The second kappa shape index (κ2) is 7.03. The molecule has 2 aromatic rings. The number of ether oxygens (including phenoxy) is 4. The summed E-state index contributed by atoms with van der Waals surface area (Å²) in [6.45, 7) is 0. The van der Waals surface area contributed by atoms with Crippen molar-refractivity contribution in [1.29, 1.82) is 0 Å². The van der Waals surface area contributed by atoms with Crippen molar-refractivity contribution in [3.8, 4) is 0 Å². The van der Waals surface area contributed by atoms with E-state index in [0.29, 0.717) is 0 Å². The van der Waals surface area contributed by atoms with E-state index in [9.17, 15) is 0 Å². The van der Waals surface area contributed by atoms with Crippen LogP contribution in [0.3, 0.4) is 0 Å². The molecule has 4 atom stereocenters. The minimum Gasteiger partial charge on any atom is -0.353 e. The van der Waals surface area contributed by atoms with E-state index in [0.717, 1.165) is 11.1 Å². The summed E-state index contributed by atoms with van der Waals surface area (Å²) in [7, 11) is 3.25. The van der Waals surface area contributed by atoms with Gasteiger partial charge in [-0.2, -0.15) is 0 Å². The van der Waals surface area contributed by atoms with E-state index in [1.807, 2.05) is 60.7 Å². The van der Waals surface area contributed by atoms with Crippen LogP contribution in [0, 0.1) is 0 Å². The van der Waals surface area contributed by atoms with E-state index in [2.05, 4.69) is 0 Å². The summed E-state index contributed by atoms with van der Waals surface area (Å²) in [5.74, 6) is 0. The molecule has 4 unspecified atom stereocenters. The number of rotatable bonds is 4. The van der Waals surface area contributed by atoms with Gasteiger partial charge in [0.05, 0.1) is 0 Å². The van der Waals surface area contributed by atoms with Gasteiger partial charge in [-0.05, 0) is 11.1 Å². The maximum atomic E-state index is 6.12. The van der Waals surface area contributed by atoms with E-state index in [1.165, 1.54) is 0 Å². The standard InChI is InChI=1S/C18H20O4/c1-19-17-15(13-9-5-3-6-10-13)22-18(20-2)16(21-17)14-11-7-4-8-12-14/h3-12,15-18H,1-2H3. The Balaban J connectivity index is 1.87. The fourth-order valence-corrected chi connectivity index (χ4v) is 2.68. The predicted molar refractivity (Wildman–Crippen MR) is 82.1 cm³/mol. The van der Waals surface area contributed by atoms with Crippen LogP contribution in [0.4, 0.5) is 0 Å². The molecule has 1 aliphatic rings. The highest BCUT2D eigenvalue weighted by Gasteiger charge is 2.40. The van der Waals surface area contributed by atoms with Crippen LogP contribution in [-0.2, 0) is 18.9 Å². The van der Waals surface area contributed by atoms with E-state index in [-0.39, 0.29) is 12.2 Å². The van der Waals surface area contributed by atoms with Gasteiger partial charge >= 0.3 is 0 Å². The van der Waals surface area contributed by atoms with Crippen molar-refractivity contribution in [2.24, 2.45) is 0 Å². The Morgan fingerprint density at radius 2 is 1.00 bits per heavy atom. The number of methoxy groups -OCH3 is 2. The van der Waals surface area contributed by atoms with Crippen molar-refractivity contribution in [2.45, 2.75) is 24.8 Å². The Labute approximate surface area is 130 Å². The second-order valence-electron chi connectivity index (χ2n) is 5.14. The van der Waals surface area contributed by atoms with Gasteiger partial charge in [-0.25, -0.2) is 0 Å². The van der Waals surface area contributed by atoms with Gasteiger partial charge in [0.15, 0.2) is 12.6 Å². The summed E-state index contributed by atoms with van der Waals surface area (Å²) in [6, 6.07) is 19.8. The minimum absolute atomic E-state index is 0.323. The molecule has 0 bridgehead atoms. The maximum Gasteiger partial charge on any atom is 0.188 e. The van der Waals surface area contributed by atoms with Crippen LogP contribution < -0.4 is 0 Å². The van der Waals surface area contributed by atoms with E-state index >= 15 is 0 Å². The predicted octanol–water partition coefficient (Wildman–Crippen LogP) is 3.46. The quantitative estimate of drug-likeness (QED) is 0.866. The Hall–Kier alpha value is -1.72. The molecule has 1 heterocycles. The van der Waals surface area contributed by atoms with Crippen LogP contribution in [0.1, 0.15) is 23.3 Å². The molecule has 2 aromatic carbocycles. The normalized spacial score (nSPS) is 28.5. The first-order chi connectivity index (χ1) is 10.8. The first-order valence-corrected chi connectivity index (χ1v) is 7.30. The lowest BCUT2D eigenvalue weighted by Gasteiger charge is -2.40. The smallest absolute Gasteiger partial charge is 0.188 e. The summed E-state index contributed by atoms with van der Waals surface area (Å²) in [4.78, 5) is 0. The van der Waals surface area contributed by atoms with E-state index in [1.54, 1.807) is 14.2 Å². The minimum atomic E-state index is -0.487. The molecule has 0 spiro atoms. The molecule has 1 saturated heterocycles. The average Bonchev–Trinajstić information content (AvgIpc) is 2.62. The zero-order chi connectivity index (χ0) is 15.4. The maximum absolute atomic E-state index is 6.12. The summed E-state index contributed by atoms with van der Waals surface area (Å²) in [6.07, 6.45) is -1.62. The third-order valence-electron chi connectivity index (χ3n) is 3.78. The van der Waals surface area contributed by atoms with Crippen molar-refractivity contribution in [1.82, 2.24) is 0 Å². The van der Waals surface area contributed by atoms with Gasteiger partial charge in [0.1, 0.15) is 12.2 Å². The Morgan fingerprint density at radius 1 is 0.636 bits per heavy atom. The van der Waals surface area contributed by atoms with Gasteiger partial charge in [-0.15, -0.1) is 0 Å². The number of hydrogen-bond donors (Lipinski definition) is 0. The summed E-state index contributed by atoms with van der Waals surface area (Å²) < 4.78 is 23.2. The average molecular weight is 300 g/mol. The molecule has 0 radical (unpaired) electrons. The largest absolute Gasteiger partial charge is 0.353 e. The van der Waals surface area contributed by atoms with Crippen molar-refractivity contribution in [2.75, 3.05) is 14.2 Å². The molecule has 0 N–H and O–H groups in total. The lowest BCUT2D eigenvalue weighted by Crippen LogP contribution is -2.42. The summed E-state index contributed by atoms with van der Waals surface area (Å²) >= 11 is 0. The summed E-state index contributed by atoms with van der Waals surface area (Å²) in [5.41, 5.74) is 2.01. The van der Waals surface area contributed by atoms with Gasteiger partial charge in [0, 0.05) is 14.2 Å². The molecule has 0 aromatic heterocycles. The molecular weight excluding hydrogens is 280 g/mol. The van der Waals surface area contributed by atoms with Crippen LogP contribution in [0.5, 0.6) is 0 Å². The molecule has 3 rings (SSSR count). The monoisotopic (exact) mass is 300 g/mol. The van der Waals surface area contributed by atoms with Crippen molar-refractivity contribution in [3.63, 3.8) is 0 Å². The van der Waals surface area contributed by atoms with Gasteiger partial charge in [-0.3, -0.25) is 0 Å². The molecule has 1 aliphatic heterocycles. The fraction of sp³-hybridized carbons (Fsp3) is 0.333. The Morgan fingerprint density at radius 3 is 1.32 bits per heavy atom. The molecule has 0 aliphatic carbocycles. The SMILES string of the molecule is COC1OC(c2ccccc2)C(OC)OC1c1ccccc1. The lowest BCUT2D eigenvalue weighted by molar-refractivity contribution is -0.347. The van der Waals surface area contributed by atoms with Crippen LogP contribution in [0.15, 0.2) is 60.7 Å². The van der Waals surface area contributed by atoms with Crippen LogP contribution >= 0.6 is 0 Å². The highest BCUT2D eigenvalue weighted by Crippen LogP contribution is 2.39. The van der Waals surface area contributed by atoms with E-state index < -0.39 is 12.6 Å². The molecule has 4 heteroatoms. The number of benzene rings is 2. The highest BCUT2D eigenvalue weighted by molar-refractivity contribution is 5.21. The zero-order valence-corrected chi connectivity index (χ0v) is 12.7. The molecule has 22 heavy (non-hydrogen) atoms. The van der Waals surface area contributed by atoms with Crippen LogP contribution in [-0.4, -0.2) is 26.8 Å². The molecule has 0 amide bonds. The number of hydrogen-bond acceptors (Lipinski definition) is 4. The van der Waals surface area contributed by atoms with Crippen LogP contribution in [0.2, 0.25) is 0 Å². The van der Waals surface area contributed by atoms with Crippen molar-refractivity contribution in [3.05, 3.63) is 71.8 Å². The first-order valence-electron chi connectivity index (χ1n) is 7.30. The Bertz CT molecular complexity index is 519. The molecule has 4 nitrogen and oxygen atoms in total. The topological polar surface area (TPSA) is 36.9 Å². The second-order valence-corrected chi connectivity index (χ2v) is 5.14. The third kappa shape index (κ3) is 3.05. The van der Waals surface area contributed by atoms with Crippen molar-refractivity contribution >= 4 is 0 Å². The van der Waals surface area contributed by atoms with Crippen molar-refractivity contribution < 1.29 is 18.9 Å². The molecule has 1 fully saturated rings. The van der Waals surface area contributed by atoms with Crippen LogP contribution in [0.25, 0.3) is 0 Å². The highest BCUT2D eigenvalue weighted by atomic mass is 16.8. The first kappa shape index (κ1) is 15.2. The molecule has 0 saturated carbocycles. The lowest BCUT2D eigenvalue weighted by atomic mass is 10.0. The van der Waals surface area contributed by atoms with Gasteiger partial charge < -0.3 is 18.9 Å². The molecule has 116 valence electrons. The Kier molecular flexibility index (Phi) is 4.85. The van der Waals surface area contributed by atoms with Gasteiger partial charge in [0.2, 0.25) is 0 Å². The third-order valence-corrected chi connectivity index (χ3v) is 3.78. The fourth-order valence-electron chi connectivity index (χ4n) is 2.68. The summed E-state index contributed by atoms with van der Waals surface area (Å²) in [5, 5.41) is 0. The van der Waals surface area contributed by atoms with E-state index in [4.69, 9.17) is 18.9 Å². The zero-order valence-electron chi connectivity index (χ0n) is 12.7. The molecular formula is C18H20O4.